The summed E-state index contributed by atoms with van der Waals surface area (Å²) in [5, 5.41) is 33.7. The van der Waals surface area contributed by atoms with E-state index in [1.54, 1.807) is 37.4 Å². The summed E-state index contributed by atoms with van der Waals surface area (Å²) >= 11 is 9.98. The van der Waals surface area contributed by atoms with Gasteiger partial charge in [-0.15, -0.1) is 23.5 Å². The molecule has 3 fully saturated rings. The molecule has 0 aliphatic carbocycles. The highest BCUT2D eigenvalue weighted by Crippen LogP contribution is 2.57. The molecule has 5 atom stereocenters. The summed E-state index contributed by atoms with van der Waals surface area (Å²) in [5.41, 5.74) is 1.51. The van der Waals surface area contributed by atoms with Crippen LogP contribution in [-0.4, -0.2) is 76.0 Å². The number of halogens is 1. The number of thioether (sulfide) groups is 2. The van der Waals surface area contributed by atoms with Crippen LogP contribution in [0.5, 0.6) is 5.75 Å². The molecule has 7 nitrogen and oxygen atoms in total. The van der Waals surface area contributed by atoms with Crippen molar-refractivity contribution in [1.82, 2.24) is 0 Å². The largest absolute Gasteiger partial charge is 0.494 e. The molecule has 0 bridgehead atoms. The first-order valence-electron chi connectivity index (χ1n) is 12.9. The first-order chi connectivity index (χ1) is 18.1. The molecule has 0 amide bonds. The van der Waals surface area contributed by atoms with Gasteiger partial charge in [-0.05, 0) is 80.0 Å². The second-order valence-electron chi connectivity index (χ2n) is 10.3. The fourth-order valence-corrected chi connectivity index (χ4v) is 9.13. The molecule has 3 aliphatic rings. The van der Waals surface area contributed by atoms with E-state index in [9.17, 15) is 15.3 Å². The third kappa shape index (κ3) is 5.10. The lowest BCUT2D eigenvalue weighted by atomic mass is 9.90. The van der Waals surface area contributed by atoms with Crippen molar-refractivity contribution in [2.45, 2.75) is 73.7 Å². The average Bonchev–Trinajstić information content (AvgIpc) is 3.34. The van der Waals surface area contributed by atoms with Crippen molar-refractivity contribution in [2.24, 2.45) is 0 Å². The number of fused-ring (bicyclic) bond motifs is 1. The lowest BCUT2D eigenvalue weighted by molar-refractivity contribution is -0.258. The Bertz CT molecular complexity index is 1120. The van der Waals surface area contributed by atoms with Crippen molar-refractivity contribution in [3.05, 3.63) is 64.2 Å². The Kier molecular flexibility index (Phi) is 8.33. The van der Waals surface area contributed by atoms with E-state index in [4.69, 9.17) is 30.5 Å². The summed E-state index contributed by atoms with van der Waals surface area (Å²) in [6, 6.07) is 13.9. The third-order valence-electron chi connectivity index (χ3n) is 7.28. The monoisotopic (exact) mass is 582 g/mol. The molecule has 0 radical (unpaired) electrons. The normalized spacial score (nSPS) is 30.7. The van der Waals surface area contributed by atoms with Gasteiger partial charge < -0.3 is 34.3 Å². The van der Waals surface area contributed by atoms with E-state index in [-0.39, 0.29) is 0 Å². The van der Waals surface area contributed by atoms with E-state index in [1.807, 2.05) is 43.3 Å². The van der Waals surface area contributed by atoms with Crippen LogP contribution in [0.2, 0.25) is 5.02 Å². The first-order valence-corrected chi connectivity index (χ1v) is 15.3. The lowest BCUT2D eigenvalue weighted by Crippen LogP contribution is -2.53. The second kappa shape index (κ2) is 11.1. The number of aliphatic hydroxyl groups excluding tert-OH is 3. The van der Waals surface area contributed by atoms with Crippen molar-refractivity contribution in [2.75, 3.05) is 24.7 Å². The van der Waals surface area contributed by atoms with Crippen LogP contribution in [0.1, 0.15) is 43.9 Å². The molecule has 2 aromatic carbocycles. The highest BCUT2D eigenvalue weighted by atomic mass is 35.5. The van der Waals surface area contributed by atoms with Gasteiger partial charge >= 0.3 is 0 Å². The number of benzene rings is 2. The van der Waals surface area contributed by atoms with Crippen LogP contribution in [0.25, 0.3) is 0 Å². The Labute approximate surface area is 237 Å². The topological polar surface area (TPSA) is 97.6 Å². The van der Waals surface area contributed by atoms with Crippen LogP contribution >= 0.6 is 35.1 Å². The minimum absolute atomic E-state index is 0.494. The van der Waals surface area contributed by atoms with Gasteiger partial charge in [-0.1, -0.05) is 35.9 Å². The highest BCUT2D eigenvalue weighted by molar-refractivity contribution is 8.18. The summed E-state index contributed by atoms with van der Waals surface area (Å²) in [4.78, 5) is 0. The zero-order chi connectivity index (χ0) is 27.1. The smallest absolute Gasteiger partial charge is 0.189 e. The number of hydrogen-bond acceptors (Lipinski definition) is 9. The van der Waals surface area contributed by atoms with Crippen LogP contribution in [0.3, 0.4) is 0 Å². The van der Waals surface area contributed by atoms with Gasteiger partial charge in [-0.2, -0.15) is 0 Å². The zero-order valence-electron chi connectivity index (χ0n) is 21.8. The second-order valence-corrected chi connectivity index (χ2v) is 13.7. The first kappa shape index (κ1) is 28.5. The molecule has 3 N–H and O–H groups in total. The molecule has 38 heavy (non-hydrogen) atoms. The van der Waals surface area contributed by atoms with E-state index in [0.717, 1.165) is 40.4 Å². The fraction of sp³-hybridized carbons (Fsp3) is 0.571. The Morgan fingerprint density at radius 3 is 2.50 bits per heavy atom. The van der Waals surface area contributed by atoms with E-state index in [2.05, 4.69) is 6.07 Å². The van der Waals surface area contributed by atoms with Crippen molar-refractivity contribution < 1.29 is 34.3 Å². The minimum atomic E-state index is -1.46. The SMILES string of the molecule is CCOc1ccc(Cc2cc(C3([C@H](O)[C@H]4OC(O)[C@@]5(CO)OC(C)(C)O[C@@H]45)SCCCS3)ccc2Cl)cc1. The van der Waals surface area contributed by atoms with Crippen LogP contribution < -0.4 is 4.74 Å². The van der Waals surface area contributed by atoms with Gasteiger partial charge in [0.2, 0.25) is 0 Å². The van der Waals surface area contributed by atoms with Crippen LogP contribution in [0, 0.1) is 0 Å². The number of aliphatic hydroxyl groups is 3. The van der Waals surface area contributed by atoms with E-state index in [0.29, 0.717) is 18.1 Å². The zero-order valence-corrected chi connectivity index (χ0v) is 24.2. The van der Waals surface area contributed by atoms with E-state index < -0.39 is 46.7 Å². The predicted molar refractivity (Wildman–Crippen MR) is 150 cm³/mol. The summed E-state index contributed by atoms with van der Waals surface area (Å²) in [6.07, 6.45) is -2.62. The maximum absolute atomic E-state index is 12.0. The van der Waals surface area contributed by atoms with Crippen molar-refractivity contribution in [1.29, 1.82) is 0 Å². The van der Waals surface area contributed by atoms with Gasteiger partial charge in [-0.3, -0.25) is 0 Å². The van der Waals surface area contributed by atoms with Crippen molar-refractivity contribution in [3.8, 4) is 5.75 Å². The third-order valence-corrected chi connectivity index (χ3v) is 11.2. The van der Waals surface area contributed by atoms with Gasteiger partial charge in [0, 0.05) is 5.02 Å². The fourth-order valence-electron chi connectivity index (χ4n) is 5.55. The molecule has 208 valence electrons. The van der Waals surface area contributed by atoms with Gasteiger partial charge in [0.15, 0.2) is 17.7 Å². The standard InChI is InChI=1S/C28H35ClO7S2/c1-4-33-20-9-6-17(7-10-20)14-18-15-19(8-11-21(18)29)28(37-12-5-13-38-28)23(31)22-24-27(16-30,25(32)34-22)36-26(2,3)35-24/h6-11,15,22-25,30-32H,4-5,12-14,16H2,1-3H3/t22-,23-,24+,25?,27+/m1/s1. The van der Waals surface area contributed by atoms with Crippen LogP contribution in [-0.2, 0) is 24.7 Å². The highest BCUT2D eigenvalue weighted by Gasteiger charge is 2.69. The maximum Gasteiger partial charge on any atom is 0.189 e. The molecule has 0 aromatic heterocycles. The lowest BCUT2D eigenvalue weighted by Gasteiger charge is -2.43. The van der Waals surface area contributed by atoms with E-state index in [1.165, 1.54) is 0 Å². The van der Waals surface area contributed by atoms with E-state index >= 15 is 0 Å². The Hall–Kier alpha value is -1.01. The summed E-state index contributed by atoms with van der Waals surface area (Å²) in [6.45, 7) is 5.53. The molecule has 10 heteroatoms. The maximum atomic E-state index is 12.0. The molecule has 3 saturated heterocycles. The molecule has 3 aliphatic heterocycles. The molecule has 0 saturated carbocycles. The Morgan fingerprint density at radius 2 is 1.84 bits per heavy atom. The van der Waals surface area contributed by atoms with Crippen LogP contribution in [0.15, 0.2) is 42.5 Å². The summed E-state index contributed by atoms with van der Waals surface area (Å²) < 4.78 is 22.7. The molecular formula is C28H35ClO7S2. The molecular weight excluding hydrogens is 548 g/mol. The quantitative estimate of drug-likeness (QED) is 0.420. The number of rotatable bonds is 8. The number of hydrogen-bond donors (Lipinski definition) is 3. The summed E-state index contributed by atoms with van der Waals surface area (Å²) in [7, 11) is 0. The number of ether oxygens (including phenoxy) is 4. The Morgan fingerprint density at radius 1 is 1.13 bits per heavy atom. The van der Waals surface area contributed by atoms with Gasteiger partial charge in [0.05, 0.1) is 13.2 Å². The molecule has 0 spiro atoms. The predicted octanol–water partition coefficient (Wildman–Crippen LogP) is 4.31. The molecule has 1 unspecified atom stereocenters. The van der Waals surface area contributed by atoms with Gasteiger partial charge in [0.1, 0.15) is 28.1 Å². The summed E-state index contributed by atoms with van der Waals surface area (Å²) in [5.74, 6) is 1.50. The average molecular weight is 583 g/mol. The molecule has 2 aromatic rings. The van der Waals surface area contributed by atoms with Gasteiger partial charge in [-0.25, -0.2) is 0 Å². The molecule has 3 heterocycles. The van der Waals surface area contributed by atoms with Crippen molar-refractivity contribution >= 4 is 35.1 Å². The van der Waals surface area contributed by atoms with Crippen molar-refractivity contribution in [3.63, 3.8) is 0 Å². The minimum Gasteiger partial charge on any atom is -0.494 e. The molecule has 5 rings (SSSR count). The van der Waals surface area contributed by atoms with Crippen LogP contribution in [0.4, 0.5) is 0 Å². The van der Waals surface area contributed by atoms with Gasteiger partial charge in [0.25, 0.3) is 0 Å². The Balaban J connectivity index is 1.47.